The average Bonchev–Trinajstić information content (AvgIpc) is 2.86. The Morgan fingerprint density at radius 1 is 1.00 bits per heavy atom. The van der Waals surface area contributed by atoms with Gasteiger partial charge in [-0.25, -0.2) is 9.55 Å². The Morgan fingerprint density at radius 3 is 2.71 bits per heavy atom. The maximum absolute atomic E-state index is 6.00. The van der Waals surface area contributed by atoms with Gasteiger partial charge in [0.1, 0.15) is 7.05 Å². The van der Waals surface area contributed by atoms with Gasteiger partial charge < -0.3 is 4.42 Å². The summed E-state index contributed by atoms with van der Waals surface area (Å²) in [6, 6.07) is 14.5. The third kappa shape index (κ3) is 1.82. The lowest BCUT2D eigenvalue weighted by Gasteiger charge is -2.01. The van der Waals surface area contributed by atoms with Crippen molar-refractivity contribution in [3.8, 4) is 11.3 Å². The molecule has 3 aromatic heterocycles. The van der Waals surface area contributed by atoms with Gasteiger partial charge >= 0.3 is 0 Å². The van der Waals surface area contributed by atoms with E-state index in [0.717, 1.165) is 27.6 Å². The Morgan fingerprint density at radius 2 is 1.86 bits per heavy atom. The maximum atomic E-state index is 6.00. The first-order chi connectivity index (χ1) is 10.2. The summed E-state index contributed by atoms with van der Waals surface area (Å²) >= 11 is 0. The zero-order valence-corrected chi connectivity index (χ0v) is 12.0. The van der Waals surface area contributed by atoms with E-state index in [9.17, 15) is 0 Å². The van der Waals surface area contributed by atoms with Gasteiger partial charge in [0.25, 0.3) is 0 Å². The van der Waals surface area contributed by atoms with E-state index in [1.54, 1.807) is 6.20 Å². The Kier molecular flexibility index (Phi) is 2.54. The van der Waals surface area contributed by atoms with E-state index in [1.165, 1.54) is 5.56 Å². The minimum atomic E-state index is 0.690. The largest absolute Gasteiger partial charge is 0.437 e. The molecule has 1 aromatic carbocycles. The summed E-state index contributed by atoms with van der Waals surface area (Å²) in [6.45, 7) is 2.09. The number of nitrogens with zero attached hydrogens (tertiary/aromatic N) is 2. The topological polar surface area (TPSA) is 29.9 Å². The zero-order valence-electron chi connectivity index (χ0n) is 12.0. The number of aryl methyl sites for hydroxylation is 2. The first kappa shape index (κ1) is 12.1. The van der Waals surface area contributed by atoms with Crippen molar-refractivity contribution in [3.63, 3.8) is 0 Å². The van der Waals surface area contributed by atoms with E-state index >= 15 is 0 Å². The monoisotopic (exact) mass is 275 g/mol. The number of fused-ring (bicyclic) bond motifs is 3. The van der Waals surface area contributed by atoms with Crippen LogP contribution in [0.1, 0.15) is 5.56 Å². The standard InChI is InChI=1S/C18H15N2O/c1-12-8-9-16(20(2)11-12)15-6-3-5-13-14-7-4-10-19-18(14)21-17(13)15/h3-11H,1-2H3/q+1. The molecule has 4 rings (SSSR count). The molecular weight excluding hydrogens is 260 g/mol. The van der Waals surface area contributed by atoms with E-state index in [1.807, 2.05) is 12.1 Å². The quantitative estimate of drug-likeness (QED) is 0.495. The summed E-state index contributed by atoms with van der Waals surface area (Å²) < 4.78 is 8.13. The van der Waals surface area contributed by atoms with Crippen LogP contribution in [0.3, 0.4) is 0 Å². The minimum Gasteiger partial charge on any atom is -0.437 e. The van der Waals surface area contributed by atoms with Crippen molar-refractivity contribution in [2.24, 2.45) is 7.05 Å². The molecule has 0 amide bonds. The highest BCUT2D eigenvalue weighted by Crippen LogP contribution is 2.33. The molecule has 0 spiro atoms. The SMILES string of the molecule is Cc1ccc(-c2cccc3c2oc2ncccc23)[n+](C)c1. The van der Waals surface area contributed by atoms with E-state index < -0.39 is 0 Å². The second-order valence-corrected chi connectivity index (χ2v) is 5.34. The Balaban J connectivity index is 2.09. The predicted octanol–water partition coefficient (Wildman–Crippen LogP) is 3.78. The summed E-state index contributed by atoms with van der Waals surface area (Å²) in [4.78, 5) is 4.32. The van der Waals surface area contributed by atoms with Crippen LogP contribution >= 0.6 is 0 Å². The van der Waals surface area contributed by atoms with Crippen LogP contribution in [0.15, 0.2) is 59.3 Å². The van der Waals surface area contributed by atoms with Crippen LogP contribution < -0.4 is 4.57 Å². The van der Waals surface area contributed by atoms with Gasteiger partial charge in [0, 0.05) is 28.6 Å². The number of pyridine rings is 2. The molecule has 0 aliphatic carbocycles. The van der Waals surface area contributed by atoms with Crippen LogP contribution in [0.5, 0.6) is 0 Å². The fraction of sp³-hybridized carbons (Fsp3) is 0.111. The molecule has 3 heteroatoms. The van der Waals surface area contributed by atoms with Gasteiger partial charge in [-0.2, -0.15) is 0 Å². The molecule has 0 N–H and O–H groups in total. The van der Waals surface area contributed by atoms with Crippen molar-refractivity contribution in [3.05, 3.63) is 60.4 Å². The third-order valence-electron chi connectivity index (χ3n) is 3.83. The molecule has 21 heavy (non-hydrogen) atoms. The van der Waals surface area contributed by atoms with Crippen LogP contribution in [0.4, 0.5) is 0 Å². The molecular formula is C18H15N2O+. The second kappa shape index (κ2) is 4.42. The molecule has 0 bridgehead atoms. The highest BCUT2D eigenvalue weighted by molar-refractivity contribution is 6.07. The lowest BCUT2D eigenvalue weighted by Crippen LogP contribution is -2.30. The molecule has 102 valence electrons. The molecule has 0 aliphatic heterocycles. The molecule has 3 heterocycles. The summed E-state index contributed by atoms with van der Waals surface area (Å²) in [5.41, 5.74) is 5.04. The molecule has 4 aromatic rings. The first-order valence-electron chi connectivity index (χ1n) is 6.97. The molecule has 3 nitrogen and oxygen atoms in total. The van der Waals surface area contributed by atoms with Crippen LogP contribution in [-0.4, -0.2) is 4.98 Å². The minimum absolute atomic E-state index is 0.690. The zero-order chi connectivity index (χ0) is 14.4. The second-order valence-electron chi connectivity index (χ2n) is 5.34. The van der Waals surface area contributed by atoms with Gasteiger partial charge in [-0.1, -0.05) is 12.1 Å². The average molecular weight is 275 g/mol. The Labute approximate surface area is 122 Å². The third-order valence-corrected chi connectivity index (χ3v) is 3.83. The maximum Gasteiger partial charge on any atom is 0.227 e. The summed E-state index contributed by atoms with van der Waals surface area (Å²) in [5, 5.41) is 2.17. The lowest BCUT2D eigenvalue weighted by atomic mass is 10.1. The van der Waals surface area contributed by atoms with Crippen molar-refractivity contribution in [1.82, 2.24) is 4.98 Å². The predicted molar refractivity (Wildman–Crippen MR) is 82.9 cm³/mol. The molecule has 0 unspecified atom stereocenters. The molecule has 0 aliphatic rings. The van der Waals surface area contributed by atoms with Gasteiger partial charge in [0.15, 0.2) is 11.8 Å². The number of hydrogen-bond acceptors (Lipinski definition) is 2. The number of hydrogen-bond donors (Lipinski definition) is 0. The first-order valence-corrected chi connectivity index (χ1v) is 6.97. The highest BCUT2D eigenvalue weighted by Gasteiger charge is 2.17. The summed E-state index contributed by atoms with van der Waals surface area (Å²) in [5.74, 6) is 0. The normalized spacial score (nSPS) is 11.3. The summed E-state index contributed by atoms with van der Waals surface area (Å²) in [6.07, 6.45) is 3.88. The summed E-state index contributed by atoms with van der Waals surface area (Å²) in [7, 11) is 2.06. The molecule has 0 fully saturated rings. The Bertz CT molecular complexity index is 969. The van der Waals surface area contributed by atoms with E-state index in [0.29, 0.717) is 5.71 Å². The number of furan rings is 1. The van der Waals surface area contributed by atoms with Gasteiger partial charge in [0.2, 0.25) is 11.4 Å². The van der Waals surface area contributed by atoms with Crippen LogP contribution in [0.2, 0.25) is 0 Å². The van der Waals surface area contributed by atoms with Crippen molar-refractivity contribution < 1.29 is 8.98 Å². The van der Waals surface area contributed by atoms with E-state index in [-0.39, 0.29) is 0 Å². The number of aromatic nitrogens is 2. The molecule has 0 radical (unpaired) electrons. The number of rotatable bonds is 1. The fourth-order valence-electron chi connectivity index (χ4n) is 2.86. The van der Waals surface area contributed by atoms with Crippen molar-refractivity contribution in [2.45, 2.75) is 6.92 Å². The molecule has 0 atom stereocenters. The Hall–Kier alpha value is -2.68. The van der Waals surface area contributed by atoms with Crippen molar-refractivity contribution >= 4 is 22.1 Å². The van der Waals surface area contributed by atoms with Crippen LogP contribution in [-0.2, 0) is 7.05 Å². The fourth-order valence-corrected chi connectivity index (χ4v) is 2.86. The number of benzene rings is 1. The molecule has 0 saturated heterocycles. The highest BCUT2D eigenvalue weighted by atomic mass is 16.3. The van der Waals surface area contributed by atoms with Crippen molar-refractivity contribution in [1.29, 1.82) is 0 Å². The van der Waals surface area contributed by atoms with Crippen molar-refractivity contribution in [2.75, 3.05) is 0 Å². The van der Waals surface area contributed by atoms with E-state index in [2.05, 4.69) is 60.1 Å². The van der Waals surface area contributed by atoms with Gasteiger partial charge in [0.05, 0.1) is 5.56 Å². The van der Waals surface area contributed by atoms with Gasteiger partial charge in [-0.3, -0.25) is 0 Å². The lowest BCUT2D eigenvalue weighted by molar-refractivity contribution is -0.660. The van der Waals surface area contributed by atoms with Gasteiger partial charge in [-0.15, -0.1) is 0 Å². The smallest absolute Gasteiger partial charge is 0.227 e. The van der Waals surface area contributed by atoms with Crippen LogP contribution in [0.25, 0.3) is 33.3 Å². The van der Waals surface area contributed by atoms with Gasteiger partial charge in [-0.05, 0) is 31.2 Å². The molecule has 0 saturated carbocycles. The van der Waals surface area contributed by atoms with Crippen LogP contribution in [0, 0.1) is 6.92 Å². The van der Waals surface area contributed by atoms with E-state index in [4.69, 9.17) is 4.42 Å². The number of para-hydroxylation sites is 1.